The quantitative estimate of drug-likeness (QED) is 0.761. The molecule has 21 heavy (non-hydrogen) atoms. The maximum Gasteiger partial charge on any atom is 0.224 e. The van der Waals surface area contributed by atoms with E-state index >= 15 is 0 Å². The fourth-order valence-corrected chi connectivity index (χ4v) is 2.17. The van der Waals surface area contributed by atoms with Crippen molar-refractivity contribution in [2.24, 2.45) is 11.7 Å². The van der Waals surface area contributed by atoms with Gasteiger partial charge in [0.05, 0.1) is 5.92 Å². The first-order valence-corrected chi connectivity index (χ1v) is 7.24. The highest BCUT2D eigenvalue weighted by Crippen LogP contribution is 2.18. The number of amides is 1. The van der Waals surface area contributed by atoms with Crippen LogP contribution in [0.3, 0.4) is 0 Å². The lowest BCUT2D eigenvalue weighted by Gasteiger charge is -2.19. The second kappa shape index (κ2) is 7.59. The summed E-state index contributed by atoms with van der Waals surface area (Å²) in [5.74, 6) is -0.260. The molecule has 0 spiro atoms. The lowest BCUT2D eigenvalue weighted by Crippen LogP contribution is -2.36. The molecule has 0 saturated heterocycles. The van der Waals surface area contributed by atoms with E-state index in [0.29, 0.717) is 6.54 Å². The summed E-state index contributed by atoms with van der Waals surface area (Å²) in [6.07, 6.45) is 4.51. The molecule has 1 aromatic heterocycles. The van der Waals surface area contributed by atoms with Gasteiger partial charge in [-0.05, 0) is 18.1 Å². The summed E-state index contributed by atoms with van der Waals surface area (Å²) in [5.41, 5.74) is 7.13. The van der Waals surface area contributed by atoms with Gasteiger partial charge in [-0.15, -0.1) is 0 Å². The molecule has 0 aliphatic rings. The number of benzene rings is 1. The van der Waals surface area contributed by atoms with Crippen molar-refractivity contribution >= 4 is 5.91 Å². The molecule has 2 atom stereocenters. The average molecular weight is 286 g/mol. The van der Waals surface area contributed by atoms with E-state index in [1.807, 2.05) is 54.2 Å². The van der Waals surface area contributed by atoms with Crippen LogP contribution in [0.4, 0.5) is 0 Å². The van der Waals surface area contributed by atoms with E-state index in [2.05, 4.69) is 10.4 Å². The molecule has 1 amide bonds. The van der Waals surface area contributed by atoms with Crippen molar-refractivity contribution in [3.05, 3.63) is 54.4 Å². The van der Waals surface area contributed by atoms with E-state index in [-0.39, 0.29) is 17.9 Å². The van der Waals surface area contributed by atoms with Crippen molar-refractivity contribution < 1.29 is 4.79 Å². The van der Waals surface area contributed by atoms with Gasteiger partial charge in [0.1, 0.15) is 0 Å². The van der Waals surface area contributed by atoms with Gasteiger partial charge in [-0.2, -0.15) is 5.10 Å². The second-order valence-corrected chi connectivity index (χ2v) is 5.14. The lowest BCUT2D eigenvalue weighted by molar-refractivity contribution is -0.125. The summed E-state index contributed by atoms with van der Waals surface area (Å²) in [6.45, 7) is 3.29. The zero-order chi connectivity index (χ0) is 15.1. The van der Waals surface area contributed by atoms with Crippen LogP contribution in [0.1, 0.15) is 24.9 Å². The minimum absolute atomic E-state index is 0.00758. The predicted octanol–water partition coefficient (Wildman–Crippen LogP) is 1.73. The summed E-state index contributed by atoms with van der Waals surface area (Å²) in [6, 6.07) is 11.3. The van der Waals surface area contributed by atoms with Crippen molar-refractivity contribution in [1.29, 1.82) is 0 Å². The van der Waals surface area contributed by atoms with Gasteiger partial charge in [-0.3, -0.25) is 9.48 Å². The van der Waals surface area contributed by atoms with E-state index in [9.17, 15) is 4.79 Å². The number of aryl methyl sites for hydroxylation is 1. The molecule has 5 heteroatoms. The predicted molar refractivity (Wildman–Crippen MR) is 82.4 cm³/mol. The first-order valence-electron chi connectivity index (χ1n) is 7.24. The Kier molecular flexibility index (Phi) is 5.51. The zero-order valence-electron chi connectivity index (χ0n) is 12.3. The third-order valence-electron chi connectivity index (χ3n) is 3.56. The molecular weight excluding hydrogens is 264 g/mol. The molecular formula is C16H22N4O. The zero-order valence-corrected chi connectivity index (χ0v) is 12.3. The number of carbonyl (C=O) groups excluding carboxylic acids is 1. The van der Waals surface area contributed by atoms with Crippen LogP contribution in [0, 0.1) is 5.92 Å². The molecule has 0 saturated carbocycles. The first-order chi connectivity index (χ1) is 10.2. The van der Waals surface area contributed by atoms with E-state index in [0.717, 1.165) is 18.5 Å². The molecule has 0 aliphatic carbocycles. The Morgan fingerprint density at radius 2 is 2.10 bits per heavy atom. The van der Waals surface area contributed by atoms with Gasteiger partial charge in [0.15, 0.2) is 0 Å². The maximum absolute atomic E-state index is 12.1. The van der Waals surface area contributed by atoms with Gasteiger partial charge in [0.25, 0.3) is 0 Å². The molecule has 0 bridgehead atoms. The van der Waals surface area contributed by atoms with Gasteiger partial charge >= 0.3 is 0 Å². The Balaban J connectivity index is 1.74. The Hall–Kier alpha value is -2.14. The summed E-state index contributed by atoms with van der Waals surface area (Å²) < 4.78 is 1.85. The van der Waals surface area contributed by atoms with Crippen molar-refractivity contribution in [3.63, 3.8) is 0 Å². The standard InChI is InChI=1S/C16H22N4O/c1-13(15(17)14-7-3-2-4-8-14)16(21)18-9-5-11-20-12-6-10-19-20/h2-4,6-8,10,12-13,15H,5,9,11,17H2,1H3,(H,18,21). The molecule has 3 N–H and O–H groups in total. The van der Waals surface area contributed by atoms with Gasteiger partial charge in [0, 0.05) is 31.5 Å². The van der Waals surface area contributed by atoms with Gasteiger partial charge in [-0.25, -0.2) is 0 Å². The van der Waals surface area contributed by atoms with E-state index in [1.54, 1.807) is 6.20 Å². The highest BCUT2D eigenvalue weighted by Gasteiger charge is 2.21. The Morgan fingerprint density at radius 1 is 1.33 bits per heavy atom. The monoisotopic (exact) mass is 286 g/mol. The summed E-state index contributed by atoms with van der Waals surface area (Å²) in [4.78, 5) is 12.1. The highest BCUT2D eigenvalue weighted by atomic mass is 16.1. The Bertz CT molecular complexity index is 539. The summed E-state index contributed by atoms with van der Waals surface area (Å²) in [7, 11) is 0. The molecule has 0 fully saturated rings. The van der Waals surface area contributed by atoms with Crippen LogP contribution in [0.25, 0.3) is 0 Å². The number of rotatable bonds is 7. The van der Waals surface area contributed by atoms with Crippen molar-refractivity contribution in [2.75, 3.05) is 6.54 Å². The van der Waals surface area contributed by atoms with Crippen LogP contribution >= 0.6 is 0 Å². The van der Waals surface area contributed by atoms with Crippen molar-refractivity contribution in [1.82, 2.24) is 15.1 Å². The molecule has 2 aromatic rings. The minimum atomic E-state index is -0.280. The van der Waals surface area contributed by atoms with Crippen LogP contribution in [-0.2, 0) is 11.3 Å². The smallest absolute Gasteiger partial charge is 0.224 e. The maximum atomic E-state index is 12.1. The number of nitrogens with one attached hydrogen (secondary N) is 1. The molecule has 5 nitrogen and oxygen atoms in total. The molecule has 2 rings (SSSR count). The van der Waals surface area contributed by atoms with Gasteiger partial charge < -0.3 is 11.1 Å². The van der Waals surface area contributed by atoms with Crippen LogP contribution in [-0.4, -0.2) is 22.2 Å². The van der Waals surface area contributed by atoms with E-state index in [1.165, 1.54) is 0 Å². The van der Waals surface area contributed by atoms with Gasteiger partial charge in [0.2, 0.25) is 5.91 Å². The normalized spacial score (nSPS) is 13.6. The number of hydrogen-bond donors (Lipinski definition) is 2. The van der Waals surface area contributed by atoms with Crippen molar-refractivity contribution in [3.8, 4) is 0 Å². The van der Waals surface area contributed by atoms with Crippen LogP contribution in [0.2, 0.25) is 0 Å². The second-order valence-electron chi connectivity index (χ2n) is 5.14. The first kappa shape index (κ1) is 15.3. The largest absolute Gasteiger partial charge is 0.356 e. The highest BCUT2D eigenvalue weighted by molar-refractivity contribution is 5.79. The molecule has 1 aromatic carbocycles. The topological polar surface area (TPSA) is 72.9 Å². The lowest BCUT2D eigenvalue weighted by atomic mass is 9.95. The van der Waals surface area contributed by atoms with E-state index in [4.69, 9.17) is 5.73 Å². The summed E-state index contributed by atoms with van der Waals surface area (Å²) >= 11 is 0. The number of nitrogens with zero attached hydrogens (tertiary/aromatic N) is 2. The minimum Gasteiger partial charge on any atom is -0.356 e. The number of nitrogens with two attached hydrogens (primary N) is 1. The SMILES string of the molecule is CC(C(=O)NCCCn1cccn1)C(N)c1ccccc1. The number of carbonyl (C=O) groups is 1. The fourth-order valence-electron chi connectivity index (χ4n) is 2.17. The number of aromatic nitrogens is 2. The molecule has 1 heterocycles. The van der Waals surface area contributed by atoms with Crippen LogP contribution < -0.4 is 11.1 Å². The van der Waals surface area contributed by atoms with E-state index < -0.39 is 0 Å². The summed E-state index contributed by atoms with van der Waals surface area (Å²) in [5, 5.41) is 7.06. The van der Waals surface area contributed by atoms with Crippen LogP contribution in [0.5, 0.6) is 0 Å². The molecule has 0 radical (unpaired) electrons. The third-order valence-corrected chi connectivity index (χ3v) is 3.56. The Morgan fingerprint density at radius 3 is 2.76 bits per heavy atom. The Labute approximate surface area is 125 Å². The number of hydrogen-bond acceptors (Lipinski definition) is 3. The fraction of sp³-hybridized carbons (Fsp3) is 0.375. The van der Waals surface area contributed by atoms with Crippen molar-refractivity contribution in [2.45, 2.75) is 25.9 Å². The third kappa shape index (κ3) is 4.43. The van der Waals surface area contributed by atoms with Crippen LogP contribution in [0.15, 0.2) is 48.8 Å². The molecule has 0 aliphatic heterocycles. The molecule has 112 valence electrons. The molecule has 2 unspecified atom stereocenters. The van der Waals surface area contributed by atoms with Gasteiger partial charge in [-0.1, -0.05) is 37.3 Å². The average Bonchev–Trinajstić information content (AvgIpc) is 3.04.